The molecule has 2 N–H and O–H groups in total. The molecule has 0 fully saturated rings. The maximum absolute atomic E-state index is 12.5. The number of nitro benzene ring substituents is 1. The molecule has 3 aromatic rings. The van der Waals surface area contributed by atoms with Gasteiger partial charge >= 0.3 is 0 Å². The Labute approximate surface area is 172 Å². The van der Waals surface area contributed by atoms with Crippen LogP contribution in [0.4, 0.5) is 17.1 Å². The number of nitro groups is 1. The summed E-state index contributed by atoms with van der Waals surface area (Å²) in [5, 5.41) is 13.8. The maximum atomic E-state index is 12.5. The zero-order valence-corrected chi connectivity index (χ0v) is 16.5. The van der Waals surface area contributed by atoms with Crippen LogP contribution >= 0.6 is 0 Å². The van der Waals surface area contributed by atoms with Crippen LogP contribution in [0.25, 0.3) is 0 Å². The lowest BCUT2D eigenvalue weighted by Gasteiger charge is -2.11. The van der Waals surface area contributed by atoms with Crippen LogP contribution in [0.15, 0.2) is 77.7 Å². The molecule has 0 radical (unpaired) electrons. The number of sulfonamides is 1. The van der Waals surface area contributed by atoms with Gasteiger partial charge in [-0.05, 0) is 42.5 Å². The predicted molar refractivity (Wildman–Crippen MR) is 111 cm³/mol. The fourth-order valence-electron chi connectivity index (χ4n) is 2.68. The van der Waals surface area contributed by atoms with E-state index in [2.05, 4.69) is 10.0 Å². The van der Waals surface area contributed by atoms with E-state index in [0.29, 0.717) is 11.4 Å². The summed E-state index contributed by atoms with van der Waals surface area (Å²) in [6.07, 6.45) is 0. The first-order valence-electron chi connectivity index (χ1n) is 8.62. The van der Waals surface area contributed by atoms with E-state index in [-0.39, 0.29) is 11.3 Å². The molecule has 0 atom stereocenters. The maximum Gasteiger partial charge on any atom is 0.289 e. The van der Waals surface area contributed by atoms with Crippen molar-refractivity contribution >= 4 is 33.0 Å². The van der Waals surface area contributed by atoms with Crippen LogP contribution in [0.3, 0.4) is 0 Å². The lowest BCUT2D eigenvalue weighted by Crippen LogP contribution is -2.15. The Morgan fingerprint density at radius 2 is 1.60 bits per heavy atom. The molecule has 154 valence electrons. The highest BCUT2D eigenvalue weighted by Crippen LogP contribution is 2.26. The third kappa shape index (κ3) is 4.55. The topological polar surface area (TPSA) is 128 Å². The molecule has 0 saturated carbocycles. The number of rotatable bonds is 7. The number of methoxy groups -OCH3 is 1. The molecule has 0 saturated heterocycles. The Kier molecular flexibility index (Phi) is 5.98. The summed E-state index contributed by atoms with van der Waals surface area (Å²) in [4.78, 5) is 22.3. The Morgan fingerprint density at radius 1 is 0.967 bits per heavy atom. The smallest absolute Gasteiger partial charge is 0.289 e. The highest BCUT2D eigenvalue weighted by Gasteiger charge is 2.25. The van der Waals surface area contributed by atoms with E-state index in [4.69, 9.17) is 4.74 Å². The van der Waals surface area contributed by atoms with E-state index in [0.717, 1.165) is 12.1 Å². The first-order valence-corrected chi connectivity index (χ1v) is 10.1. The first kappa shape index (κ1) is 20.8. The van der Waals surface area contributed by atoms with Gasteiger partial charge in [-0.25, -0.2) is 8.42 Å². The van der Waals surface area contributed by atoms with Gasteiger partial charge in [0, 0.05) is 17.3 Å². The molecule has 9 nitrogen and oxygen atoms in total. The highest BCUT2D eigenvalue weighted by atomic mass is 32.2. The molecule has 0 aliphatic heterocycles. The van der Waals surface area contributed by atoms with Crippen LogP contribution in [-0.2, 0) is 10.0 Å². The average Bonchev–Trinajstić information content (AvgIpc) is 2.74. The van der Waals surface area contributed by atoms with E-state index in [1.54, 1.807) is 24.3 Å². The van der Waals surface area contributed by atoms with Crippen molar-refractivity contribution in [3.63, 3.8) is 0 Å². The molecule has 1 amide bonds. The van der Waals surface area contributed by atoms with Crippen molar-refractivity contribution in [1.29, 1.82) is 0 Å². The molecule has 0 unspecified atom stereocenters. The molecule has 0 spiro atoms. The van der Waals surface area contributed by atoms with Crippen LogP contribution in [0.5, 0.6) is 5.75 Å². The molecule has 30 heavy (non-hydrogen) atoms. The average molecular weight is 427 g/mol. The van der Waals surface area contributed by atoms with Gasteiger partial charge in [-0.15, -0.1) is 0 Å². The number of hydrogen-bond acceptors (Lipinski definition) is 6. The zero-order chi connectivity index (χ0) is 21.7. The van der Waals surface area contributed by atoms with Crippen LogP contribution in [0, 0.1) is 10.1 Å². The third-order valence-corrected chi connectivity index (χ3v) is 5.53. The third-order valence-electron chi connectivity index (χ3n) is 4.11. The van der Waals surface area contributed by atoms with E-state index < -0.39 is 31.4 Å². The van der Waals surface area contributed by atoms with Gasteiger partial charge in [0.2, 0.25) is 0 Å². The van der Waals surface area contributed by atoms with E-state index in [1.165, 1.54) is 43.5 Å². The SMILES string of the molecule is COc1ccccc1NC(=O)c1ccc(NS(=O)(=O)c2ccccc2[N+](=O)[O-])cc1. The minimum absolute atomic E-state index is 0.155. The molecule has 0 aliphatic carbocycles. The number of carbonyl (C=O) groups is 1. The normalized spacial score (nSPS) is 10.8. The van der Waals surface area contributed by atoms with E-state index in [1.807, 2.05) is 0 Å². The Bertz CT molecular complexity index is 1190. The molecular weight excluding hydrogens is 410 g/mol. The second-order valence-electron chi connectivity index (χ2n) is 6.06. The van der Waals surface area contributed by atoms with Gasteiger partial charge in [0.15, 0.2) is 4.90 Å². The largest absolute Gasteiger partial charge is 0.495 e. The van der Waals surface area contributed by atoms with E-state index >= 15 is 0 Å². The van der Waals surface area contributed by atoms with Crippen molar-refractivity contribution in [3.8, 4) is 5.75 Å². The summed E-state index contributed by atoms with van der Waals surface area (Å²) in [6, 6.07) is 17.6. The van der Waals surface area contributed by atoms with Gasteiger partial charge in [0.05, 0.1) is 17.7 Å². The van der Waals surface area contributed by atoms with Crippen LogP contribution < -0.4 is 14.8 Å². The second kappa shape index (κ2) is 8.62. The van der Waals surface area contributed by atoms with Crippen molar-refractivity contribution in [1.82, 2.24) is 0 Å². The van der Waals surface area contributed by atoms with Gasteiger partial charge in [-0.2, -0.15) is 0 Å². The number of benzene rings is 3. The molecule has 3 aromatic carbocycles. The summed E-state index contributed by atoms with van der Waals surface area (Å²) in [7, 11) is -2.70. The van der Waals surface area contributed by atoms with Crippen LogP contribution in [0.2, 0.25) is 0 Å². The minimum atomic E-state index is -4.19. The standard InChI is InChI=1S/C20H17N3O6S/c1-29-18-8-4-2-6-16(18)21-20(24)14-10-12-15(13-11-14)22-30(27,28)19-9-5-3-7-17(19)23(25)26/h2-13,22H,1H3,(H,21,24). The van der Waals surface area contributed by atoms with Gasteiger partial charge < -0.3 is 10.1 Å². The van der Waals surface area contributed by atoms with Gasteiger partial charge in [0.25, 0.3) is 21.6 Å². The molecule has 0 heterocycles. The number of nitrogens with one attached hydrogen (secondary N) is 2. The summed E-state index contributed by atoms with van der Waals surface area (Å²) in [5.74, 6) is 0.0901. The first-order chi connectivity index (χ1) is 14.3. The van der Waals surface area contributed by atoms with Gasteiger partial charge in [-0.1, -0.05) is 24.3 Å². The number of anilines is 2. The van der Waals surface area contributed by atoms with Crippen LogP contribution in [-0.4, -0.2) is 26.4 Å². The Hall–Kier alpha value is -3.92. The number of hydrogen-bond donors (Lipinski definition) is 2. The zero-order valence-electron chi connectivity index (χ0n) is 15.7. The van der Waals surface area contributed by atoms with Crippen molar-refractivity contribution in [2.24, 2.45) is 0 Å². The summed E-state index contributed by atoms with van der Waals surface area (Å²) in [6.45, 7) is 0. The number of amides is 1. The second-order valence-corrected chi connectivity index (χ2v) is 7.71. The monoisotopic (exact) mass is 427 g/mol. The number of nitrogens with zero attached hydrogens (tertiary/aromatic N) is 1. The fraction of sp³-hybridized carbons (Fsp3) is 0.0500. The lowest BCUT2D eigenvalue weighted by molar-refractivity contribution is -0.387. The number of carbonyl (C=O) groups excluding carboxylic acids is 1. The van der Waals surface area contributed by atoms with Crippen molar-refractivity contribution in [2.75, 3.05) is 17.1 Å². The molecule has 0 bridgehead atoms. The summed E-state index contributed by atoms with van der Waals surface area (Å²) >= 11 is 0. The molecule has 0 aromatic heterocycles. The number of para-hydroxylation sites is 3. The molecule has 0 aliphatic rings. The van der Waals surface area contributed by atoms with Crippen LogP contribution in [0.1, 0.15) is 10.4 Å². The highest BCUT2D eigenvalue weighted by molar-refractivity contribution is 7.92. The molecule has 10 heteroatoms. The van der Waals surface area contributed by atoms with Gasteiger partial charge in [0.1, 0.15) is 5.75 Å². The fourth-order valence-corrected chi connectivity index (χ4v) is 3.91. The van der Waals surface area contributed by atoms with E-state index in [9.17, 15) is 23.3 Å². The Morgan fingerprint density at radius 3 is 2.27 bits per heavy atom. The van der Waals surface area contributed by atoms with Crippen molar-refractivity contribution < 1.29 is 22.9 Å². The number of ether oxygens (including phenoxy) is 1. The quantitative estimate of drug-likeness (QED) is 0.437. The molecule has 3 rings (SSSR count). The van der Waals surface area contributed by atoms with Gasteiger partial charge in [-0.3, -0.25) is 19.6 Å². The summed E-state index contributed by atoms with van der Waals surface area (Å²) in [5.41, 5.74) is 0.403. The Balaban J connectivity index is 1.77. The minimum Gasteiger partial charge on any atom is -0.495 e. The lowest BCUT2D eigenvalue weighted by atomic mass is 10.2. The summed E-state index contributed by atoms with van der Waals surface area (Å²) < 4.78 is 32.6. The predicted octanol–water partition coefficient (Wildman–Crippen LogP) is 3.66. The van der Waals surface area contributed by atoms with Crippen molar-refractivity contribution in [3.05, 3.63) is 88.5 Å². The van der Waals surface area contributed by atoms with Crippen molar-refractivity contribution in [2.45, 2.75) is 4.90 Å². The molecular formula is C20H17N3O6S.